The van der Waals surface area contributed by atoms with Gasteiger partial charge in [0.05, 0.1) is 17.3 Å². The van der Waals surface area contributed by atoms with E-state index in [-0.39, 0.29) is 17.9 Å². The molecule has 0 aliphatic carbocycles. The molecule has 0 N–H and O–H groups in total. The van der Waals surface area contributed by atoms with E-state index in [1.54, 1.807) is 18.3 Å². The minimum atomic E-state index is -0.00902. The highest BCUT2D eigenvalue weighted by Crippen LogP contribution is 2.31. The third kappa shape index (κ3) is 3.68. The smallest absolute Gasteiger partial charge is 0.255 e. The lowest BCUT2D eigenvalue weighted by Gasteiger charge is -2.29. The molecule has 0 radical (unpaired) electrons. The van der Waals surface area contributed by atoms with E-state index in [4.69, 9.17) is 4.98 Å². The van der Waals surface area contributed by atoms with Crippen molar-refractivity contribution in [3.63, 3.8) is 0 Å². The number of likely N-dealkylation sites (tertiary alicyclic amines) is 1. The second kappa shape index (κ2) is 7.99. The van der Waals surface area contributed by atoms with E-state index in [2.05, 4.69) is 11.9 Å². The molecule has 1 saturated heterocycles. The maximum atomic E-state index is 12.9. The Hall–Kier alpha value is -2.28. The molecule has 0 bridgehead atoms. The Morgan fingerprint density at radius 3 is 2.96 bits per heavy atom. The lowest BCUT2D eigenvalue weighted by atomic mass is 10.1. The van der Waals surface area contributed by atoms with E-state index in [0.29, 0.717) is 13.1 Å². The van der Waals surface area contributed by atoms with Gasteiger partial charge in [-0.15, -0.1) is 11.3 Å². The van der Waals surface area contributed by atoms with Crippen molar-refractivity contribution in [3.05, 3.63) is 45.2 Å². The average Bonchev–Trinajstić information content (AvgIpc) is 3.36. The highest BCUT2D eigenvalue weighted by atomic mass is 32.1. The van der Waals surface area contributed by atoms with Gasteiger partial charge in [0.25, 0.3) is 5.91 Å². The molecule has 2 aliphatic heterocycles. The number of nitrogens with zero attached hydrogens (tertiary/aromatic N) is 4. The van der Waals surface area contributed by atoms with Crippen molar-refractivity contribution in [3.8, 4) is 0 Å². The zero-order valence-electron chi connectivity index (χ0n) is 16.5. The largest absolute Gasteiger partial charge is 0.334 e. The first-order chi connectivity index (χ1) is 13.6. The lowest BCUT2D eigenvalue weighted by molar-refractivity contribution is -0.129. The second-order valence-electron chi connectivity index (χ2n) is 7.60. The molecule has 148 valence electrons. The van der Waals surface area contributed by atoms with Gasteiger partial charge in [-0.05, 0) is 25.3 Å². The van der Waals surface area contributed by atoms with Crippen molar-refractivity contribution >= 4 is 23.2 Å². The monoisotopic (exact) mass is 398 g/mol. The van der Waals surface area contributed by atoms with Crippen LogP contribution >= 0.6 is 11.3 Å². The van der Waals surface area contributed by atoms with Crippen molar-refractivity contribution in [2.24, 2.45) is 0 Å². The Bertz CT molecular complexity index is 894. The molecule has 2 aromatic heterocycles. The highest BCUT2D eigenvalue weighted by Gasteiger charge is 2.31. The number of amides is 2. The molecule has 1 atom stereocenters. The number of carbonyl (C=O) groups is 2. The molecule has 7 heteroatoms. The number of hydrogen-bond acceptors (Lipinski definition) is 5. The molecule has 0 saturated carbocycles. The van der Waals surface area contributed by atoms with Crippen LogP contribution in [0.15, 0.2) is 17.6 Å². The van der Waals surface area contributed by atoms with Crippen LogP contribution in [-0.4, -0.2) is 44.7 Å². The van der Waals surface area contributed by atoms with Crippen molar-refractivity contribution in [2.75, 3.05) is 13.1 Å². The van der Waals surface area contributed by atoms with E-state index >= 15 is 0 Å². The van der Waals surface area contributed by atoms with Gasteiger partial charge < -0.3 is 9.80 Å². The van der Waals surface area contributed by atoms with Crippen molar-refractivity contribution in [1.29, 1.82) is 0 Å². The van der Waals surface area contributed by atoms with Gasteiger partial charge in [0.2, 0.25) is 5.91 Å². The molecule has 6 nitrogen and oxygen atoms in total. The van der Waals surface area contributed by atoms with E-state index in [1.807, 2.05) is 27.4 Å². The third-order valence-electron chi connectivity index (χ3n) is 5.59. The van der Waals surface area contributed by atoms with Gasteiger partial charge in [0, 0.05) is 55.0 Å². The van der Waals surface area contributed by atoms with E-state index in [9.17, 15) is 9.59 Å². The second-order valence-corrected chi connectivity index (χ2v) is 8.59. The number of carbonyl (C=O) groups excluding carboxylic acids is 2. The van der Waals surface area contributed by atoms with Crippen LogP contribution in [-0.2, 0) is 24.2 Å². The summed E-state index contributed by atoms with van der Waals surface area (Å²) in [4.78, 5) is 39.1. The summed E-state index contributed by atoms with van der Waals surface area (Å²) < 4.78 is 0. The molecular formula is C21H26N4O2S. The Morgan fingerprint density at radius 1 is 1.32 bits per heavy atom. The molecule has 2 aromatic rings. The fourth-order valence-electron chi connectivity index (χ4n) is 4.13. The van der Waals surface area contributed by atoms with Crippen LogP contribution in [0.25, 0.3) is 0 Å². The fraction of sp³-hybridized carbons (Fsp3) is 0.524. The Balaban J connectivity index is 1.48. The Kier molecular flexibility index (Phi) is 5.44. The number of rotatable bonds is 4. The minimum absolute atomic E-state index is 0.00902. The molecule has 1 fully saturated rings. The van der Waals surface area contributed by atoms with E-state index in [1.165, 1.54) is 4.88 Å². The molecule has 28 heavy (non-hydrogen) atoms. The molecule has 2 amide bonds. The SMILES string of the molecule is CCCc1cc(C(=O)N2CCc3nc([C@H]4CCCN4C(C)=O)ncc3C2)cs1. The van der Waals surface area contributed by atoms with Gasteiger partial charge in [-0.3, -0.25) is 9.59 Å². The van der Waals surface area contributed by atoms with Gasteiger partial charge in [-0.2, -0.15) is 0 Å². The first kappa shape index (κ1) is 19.1. The van der Waals surface area contributed by atoms with Crippen LogP contribution in [0.1, 0.15) is 71.5 Å². The summed E-state index contributed by atoms with van der Waals surface area (Å²) in [6, 6.07) is 2.02. The van der Waals surface area contributed by atoms with Crippen LogP contribution in [0.5, 0.6) is 0 Å². The standard InChI is InChI=1S/C21H26N4O2S/c1-3-5-17-10-15(13-28-17)21(27)24-9-7-18-16(12-24)11-22-20(23-18)19-6-4-8-25(19)14(2)26/h10-11,13,19H,3-9,12H2,1-2H3/t19-/m1/s1. The number of thiophene rings is 1. The van der Waals surface area contributed by atoms with Gasteiger partial charge >= 0.3 is 0 Å². The topological polar surface area (TPSA) is 66.4 Å². The zero-order valence-corrected chi connectivity index (χ0v) is 17.3. The summed E-state index contributed by atoms with van der Waals surface area (Å²) in [5.74, 6) is 0.916. The van der Waals surface area contributed by atoms with Gasteiger partial charge in [-0.25, -0.2) is 9.97 Å². The van der Waals surface area contributed by atoms with Crippen LogP contribution < -0.4 is 0 Å². The predicted octanol–water partition coefficient (Wildman–Crippen LogP) is 3.37. The van der Waals surface area contributed by atoms with Crippen LogP contribution in [0, 0.1) is 0 Å². The summed E-state index contributed by atoms with van der Waals surface area (Å²) in [6.45, 7) is 5.76. The van der Waals surface area contributed by atoms with E-state index < -0.39 is 0 Å². The van der Waals surface area contributed by atoms with Gasteiger partial charge in [0.15, 0.2) is 5.82 Å². The van der Waals surface area contributed by atoms with Crippen LogP contribution in [0.2, 0.25) is 0 Å². The molecule has 2 aliphatic rings. The quantitative estimate of drug-likeness (QED) is 0.792. The van der Waals surface area contributed by atoms with Crippen LogP contribution in [0.3, 0.4) is 0 Å². The van der Waals surface area contributed by atoms with Crippen molar-refractivity contribution in [1.82, 2.24) is 19.8 Å². The molecule has 4 heterocycles. The molecule has 4 rings (SSSR count). The van der Waals surface area contributed by atoms with Crippen molar-refractivity contribution in [2.45, 2.75) is 58.5 Å². The average molecular weight is 399 g/mol. The minimum Gasteiger partial charge on any atom is -0.334 e. The van der Waals surface area contributed by atoms with Crippen molar-refractivity contribution < 1.29 is 9.59 Å². The zero-order chi connectivity index (χ0) is 19.7. The highest BCUT2D eigenvalue weighted by molar-refractivity contribution is 7.10. The molecule has 0 spiro atoms. The predicted molar refractivity (Wildman–Crippen MR) is 108 cm³/mol. The first-order valence-corrected chi connectivity index (χ1v) is 10.9. The van der Waals surface area contributed by atoms with Gasteiger partial charge in [-0.1, -0.05) is 13.3 Å². The number of hydrogen-bond donors (Lipinski definition) is 0. The summed E-state index contributed by atoms with van der Waals surface area (Å²) in [7, 11) is 0. The summed E-state index contributed by atoms with van der Waals surface area (Å²) in [5.41, 5.74) is 2.82. The molecular weight excluding hydrogens is 372 g/mol. The summed E-state index contributed by atoms with van der Waals surface area (Å²) >= 11 is 1.67. The summed E-state index contributed by atoms with van der Waals surface area (Å²) in [6.07, 6.45) is 6.61. The van der Waals surface area contributed by atoms with Crippen LogP contribution in [0.4, 0.5) is 0 Å². The maximum Gasteiger partial charge on any atom is 0.255 e. The Labute approximate surface area is 169 Å². The lowest BCUT2D eigenvalue weighted by Crippen LogP contribution is -2.37. The first-order valence-electron chi connectivity index (χ1n) is 10.1. The summed E-state index contributed by atoms with van der Waals surface area (Å²) in [5, 5.41) is 1.97. The Morgan fingerprint density at radius 2 is 2.18 bits per heavy atom. The maximum absolute atomic E-state index is 12.9. The van der Waals surface area contributed by atoms with Gasteiger partial charge in [0.1, 0.15) is 0 Å². The fourth-order valence-corrected chi connectivity index (χ4v) is 5.09. The van der Waals surface area contributed by atoms with E-state index in [0.717, 1.165) is 61.3 Å². The molecule has 0 unspecified atom stereocenters. The normalized spacial score (nSPS) is 19.0. The molecule has 0 aromatic carbocycles. The number of fused-ring (bicyclic) bond motifs is 1. The third-order valence-corrected chi connectivity index (χ3v) is 6.59. The number of aryl methyl sites for hydroxylation is 1. The number of aromatic nitrogens is 2.